The summed E-state index contributed by atoms with van der Waals surface area (Å²) in [6.45, 7) is 1.91. The number of anilines is 1. The van der Waals surface area contributed by atoms with Crippen molar-refractivity contribution < 1.29 is 19.8 Å². The van der Waals surface area contributed by atoms with Gasteiger partial charge in [-0.3, -0.25) is 4.79 Å². The van der Waals surface area contributed by atoms with Crippen LogP contribution in [-0.2, 0) is 9.63 Å². The van der Waals surface area contributed by atoms with Crippen LogP contribution < -0.4 is 5.73 Å². The quantitative estimate of drug-likeness (QED) is 0.487. The molecule has 1 rings (SSSR count). The van der Waals surface area contributed by atoms with E-state index in [2.05, 4.69) is 10.1 Å². The summed E-state index contributed by atoms with van der Waals surface area (Å²) < 4.78 is 0. The van der Waals surface area contributed by atoms with Crippen molar-refractivity contribution in [3.63, 3.8) is 0 Å². The summed E-state index contributed by atoms with van der Waals surface area (Å²) in [6, 6.07) is 0. The van der Waals surface area contributed by atoms with E-state index in [4.69, 9.17) is 20.8 Å². The van der Waals surface area contributed by atoms with Gasteiger partial charge >= 0.3 is 0 Å². The SMILES string of the molecule is CC(=O)/C(=N\OC(C)(CO)CO)c1csc(N)n1. The number of Topliss-reactive ketones (excluding diaryl/α,β-unsaturated/α-hetero) is 1. The lowest BCUT2D eigenvalue weighted by atomic mass is 10.1. The third-order valence-corrected chi connectivity index (χ3v) is 2.80. The Balaban J connectivity index is 2.96. The maximum atomic E-state index is 11.4. The molecule has 0 saturated carbocycles. The fraction of sp³-hybridized carbons (Fsp3) is 0.500. The Hall–Kier alpha value is -1.51. The molecule has 4 N–H and O–H groups in total. The van der Waals surface area contributed by atoms with Crippen LogP contribution in [0.4, 0.5) is 5.13 Å². The second kappa shape index (κ2) is 5.89. The predicted molar refractivity (Wildman–Crippen MR) is 67.4 cm³/mol. The summed E-state index contributed by atoms with van der Waals surface area (Å²) in [4.78, 5) is 20.4. The summed E-state index contributed by atoms with van der Waals surface area (Å²) >= 11 is 1.17. The Morgan fingerprint density at radius 3 is 2.61 bits per heavy atom. The van der Waals surface area contributed by atoms with E-state index in [9.17, 15) is 4.79 Å². The molecule has 1 aromatic heterocycles. The molecule has 8 heteroatoms. The van der Waals surface area contributed by atoms with E-state index in [-0.39, 0.29) is 11.5 Å². The lowest BCUT2D eigenvalue weighted by molar-refractivity contribution is -0.112. The second-order valence-corrected chi connectivity index (χ2v) is 4.81. The summed E-state index contributed by atoms with van der Waals surface area (Å²) in [5.41, 5.74) is 4.53. The minimum atomic E-state index is -1.25. The number of hydrogen-bond acceptors (Lipinski definition) is 8. The number of aliphatic hydroxyl groups is 2. The number of hydrogen-bond donors (Lipinski definition) is 3. The van der Waals surface area contributed by atoms with Gasteiger partial charge < -0.3 is 20.8 Å². The van der Waals surface area contributed by atoms with Gasteiger partial charge in [0.2, 0.25) is 0 Å². The molecule has 0 aliphatic carbocycles. The van der Waals surface area contributed by atoms with Crippen LogP contribution in [0.25, 0.3) is 0 Å². The molecule has 0 aliphatic rings. The van der Waals surface area contributed by atoms with E-state index >= 15 is 0 Å². The molecule has 1 aromatic rings. The first kappa shape index (κ1) is 14.6. The maximum Gasteiger partial charge on any atom is 0.183 e. The van der Waals surface area contributed by atoms with Gasteiger partial charge in [-0.05, 0) is 6.92 Å². The Bertz CT molecular complexity index is 454. The molecule has 18 heavy (non-hydrogen) atoms. The van der Waals surface area contributed by atoms with Crippen molar-refractivity contribution in [3.8, 4) is 0 Å². The van der Waals surface area contributed by atoms with Crippen molar-refractivity contribution >= 4 is 28.0 Å². The van der Waals surface area contributed by atoms with Crippen molar-refractivity contribution in [3.05, 3.63) is 11.1 Å². The molecule has 1 heterocycles. The topological polar surface area (TPSA) is 118 Å². The number of aromatic nitrogens is 1. The molecule has 0 spiro atoms. The van der Waals surface area contributed by atoms with Gasteiger partial charge in [-0.25, -0.2) is 4.98 Å². The van der Waals surface area contributed by atoms with Crippen LogP contribution in [0.5, 0.6) is 0 Å². The van der Waals surface area contributed by atoms with Crippen molar-refractivity contribution in [2.45, 2.75) is 19.4 Å². The molecule has 7 nitrogen and oxygen atoms in total. The average Bonchev–Trinajstić information content (AvgIpc) is 2.75. The molecule has 0 saturated heterocycles. The Kier molecular flexibility index (Phi) is 4.76. The van der Waals surface area contributed by atoms with Gasteiger partial charge in [0.25, 0.3) is 0 Å². The first-order valence-electron chi connectivity index (χ1n) is 5.12. The standard InChI is InChI=1S/C10H15N3O4S/c1-6(16)8(7-3-18-9(11)12-7)13-17-10(2,4-14)5-15/h3,14-15H,4-5H2,1-2H3,(H2,11,12)/b13-8+. The van der Waals surface area contributed by atoms with E-state index in [0.717, 1.165) is 0 Å². The first-order valence-corrected chi connectivity index (χ1v) is 6.00. The zero-order valence-electron chi connectivity index (χ0n) is 10.1. The van der Waals surface area contributed by atoms with Crippen LogP contribution in [0.3, 0.4) is 0 Å². The summed E-state index contributed by atoms with van der Waals surface area (Å²) in [6.07, 6.45) is 0. The number of nitrogens with zero attached hydrogens (tertiary/aromatic N) is 2. The number of carbonyl (C=O) groups excluding carboxylic acids is 1. The van der Waals surface area contributed by atoms with Crippen LogP contribution in [0.2, 0.25) is 0 Å². The Labute approximate surface area is 108 Å². The number of carbonyl (C=O) groups is 1. The highest BCUT2D eigenvalue weighted by atomic mass is 32.1. The number of aliphatic hydroxyl groups excluding tert-OH is 2. The number of oxime groups is 1. The maximum absolute atomic E-state index is 11.4. The molecule has 0 unspecified atom stereocenters. The van der Waals surface area contributed by atoms with Gasteiger partial charge in [-0.2, -0.15) is 0 Å². The zero-order valence-corrected chi connectivity index (χ0v) is 10.9. The van der Waals surface area contributed by atoms with E-state index in [1.807, 2.05) is 0 Å². The highest BCUT2D eigenvalue weighted by molar-refractivity contribution is 7.13. The average molecular weight is 273 g/mol. The highest BCUT2D eigenvalue weighted by Crippen LogP contribution is 2.14. The molecule has 0 aliphatic heterocycles. The Morgan fingerprint density at radius 2 is 2.22 bits per heavy atom. The van der Waals surface area contributed by atoms with Crippen LogP contribution in [0.15, 0.2) is 10.5 Å². The van der Waals surface area contributed by atoms with Crippen molar-refractivity contribution in [2.24, 2.45) is 5.16 Å². The lowest BCUT2D eigenvalue weighted by Crippen LogP contribution is -2.36. The Morgan fingerprint density at radius 1 is 1.61 bits per heavy atom. The number of thiazole rings is 1. The number of nitrogens with two attached hydrogens (primary N) is 1. The first-order chi connectivity index (χ1) is 8.41. The number of rotatable bonds is 6. The zero-order chi connectivity index (χ0) is 13.8. The second-order valence-electron chi connectivity index (χ2n) is 3.92. The summed E-state index contributed by atoms with van der Waals surface area (Å²) in [5.74, 6) is -0.349. The molecule has 0 fully saturated rings. The van der Waals surface area contributed by atoms with Gasteiger partial charge in [-0.15, -0.1) is 11.3 Å². The monoisotopic (exact) mass is 273 g/mol. The van der Waals surface area contributed by atoms with E-state index in [0.29, 0.717) is 10.8 Å². The molecular formula is C10H15N3O4S. The molecule has 0 amide bonds. The van der Waals surface area contributed by atoms with Crippen molar-refractivity contribution in [1.29, 1.82) is 0 Å². The predicted octanol–water partition coefficient (Wildman–Crippen LogP) is -0.222. The van der Waals surface area contributed by atoms with Gasteiger partial charge in [0.15, 0.2) is 22.2 Å². The third-order valence-electron chi connectivity index (χ3n) is 2.12. The molecule has 0 aromatic carbocycles. The van der Waals surface area contributed by atoms with Gasteiger partial charge in [0.1, 0.15) is 5.69 Å². The summed E-state index contributed by atoms with van der Waals surface area (Å²) in [5, 5.41) is 23.6. The third kappa shape index (κ3) is 3.49. The van der Waals surface area contributed by atoms with Gasteiger partial charge in [-0.1, -0.05) is 5.16 Å². The van der Waals surface area contributed by atoms with E-state index < -0.39 is 18.8 Å². The van der Waals surface area contributed by atoms with Gasteiger partial charge in [0, 0.05) is 12.3 Å². The van der Waals surface area contributed by atoms with Crippen molar-refractivity contribution in [2.75, 3.05) is 18.9 Å². The van der Waals surface area contributed by atoms with E-state index in [1.165, 1.54) is 25.2 Å². The van der Waals surface area contributed by atoms with Crippen LogP contribution >= 0.6 is 11.3 Å². The van der Waals surface area contributed by atoms with Gasteiger partial charge in [0.05, 0.1) is 13.2 Å². The molecular weight excluding hydrogens is 258 g/mol. The molecule has 100 valence electrons. The highest BCUT2D eigenvalue weighted by Gasteiger charge is 2.26. The van der Waals surface area contributed by atoms with Crippen LogP contribution in [0.1, 0.15) is 19.5 Å². The summed E-state index contributed by atoms with van der Waals surface area (Å²) in [7, 11) is 0. The molecule has 0 radical (unpaired) electrons. The van der Waals surface area contributed by atoms with Crippen LogP contribution in [-0.4, -0.2) is 45.5 Å². The number of nitrogen functional groups attached to an aromatic ring is 1. The largest absolute Gasteiger partial charge is 0.392 e. The number of ketones is 1. The fourth-order valence-corrected chi connectivity index (χ4v) is 1.50. The normalized spacial score (nSPS) is 12.6. The fourth-order valence-electron chi connectivity index (χ4n) is 0.951. The van der Waals surface area contributed by atoms with Crippen molar-refractivity contribution in [1.82, 2.24) is 4.98 Å². The van der Waals surface area contributed by atoms with E-state index in [1.54, 1.807) is 5.38 Å². The smallest absolute Gasteiger partial charge is 0.183 e. The van der Waals surface area contributed by atoms with Crippen LogP contribution in [0, 0.1) is 0 Å². The minimum Gasteiger partial charge on any atom is -0.392 e. The lowest BCUT2D eigenvalue weighted by Gasteiger charge is -2.21. The minimum absolute atomic E-state index is 0.00363. The molecule has 0 atom stereocenters. The molecule has 0 bridgehead atoms.